The Balaban J connectivity index is 1.75. The number of carbonyl (C=O) groups is 2. The van der Waals surface area contributed by atoms with Gasteiger partial charge in [-0.05, 0) is 17.7 Å². The van der Waals surface area contributed by atoms with Crippen LogP contribution in [0.1, 0.15) is 15.9 Å². The molecular formula is C20H15FN6O2. The van der Waals surface area contributed by atoms with Crippen molar-refractivity contribution >= 4 is 23.5 Å². The van der Waals surface area contributed by atoms with E-state index in [1.807, 2.05) is 30.3 Å². The number of anilines is 1. The van der Waals surface area contributed by atoms with Crippen molar-refractivity contribution in [2.75, 3.05) is 11.4 Å². The van der Waals surface area contributed by atoms with Crippen LogP contribution in [0.25, 0.3) is 11.4 Å². The number of nitrogens with zero attached hydrogens (tertiary/aromatic N) is 4. The second-order valence-corrected chi connectivity index (χ2v) is 6.23. The van der Waals surface area contributed by atoms with Crippen molar-refractivity contribution in [3.63, 3.8) is 0 Å². The molecule has 3 N–H and O–H groups in total. The van der Waals surface area contributed by atoms with Crippen LogP contribution in [0.2, 0.25) is 0 Å². The SMILES string of the molecule is NC(=O)c1cnc(-c2ccccc2)nc1N1CC(c2ccc(F)cc2)=NNC1=O. The van der Waals surface area contributed by atoms with Crippen molar-refractivity contribution in [2.24, 2.45) is 10.8 Å². The number of nitrogens with one attached hydrogen (secondary N) is 1. The third kappa shape index (κ3) is 3.65. The van der Waals surface area contributed by atoms with Gasteiger partial charge in [0.1, 0.15) is 11.4 Å². The Morgan fingerprint density at radius 3 is 2.48 bits per heavy atom. The van der Waals surface area contributed by atoms with Crippen molar-refractivity contribution in [1.82, 2.24) is 15.4 Å². The average molecular weight is 390 g/mol. The van der Waals surface area contributed by atoms with E-state index in [4.69, 9.17) is 5.73 Å². The molecule has 3 aromatic rings. The molecule has 144 valence electrons. The van der Waals surface area contributed by atoms with E-state index in [-0.39, 0.29) is 23.7 Å². The molecule has 0 fully saturated rings. The van der Waals surface area contributed by atoms with Gasteiger partial charge in [0.05, 0.1) is 12.3 Å². The van der Waals surface area contributed by atoms with Crippen molar-refractivity contribution in [2.45, 2.75) is 0 Å². The Bertz CT molecular complexity index is 1120. The van der Waals surface area contributed by atoms with Crippen molar-refractivity contribution in [3.8, 4) is 11.4 Å². The molecule has 0 aliphatic carbocycles. The molecule has 0 radical (unpaired) electrons. The second-order valence-electron chi connectivity index (χ2n) is 6.23. The Labute approximate surface area is 164 Å². The lowest BCUT2D eigenvalue weighted by atomic mass is 10.1. The highest BCUT2D eigenvalue weighted by Crippen LogP contribution is 2.24. The van der Waals surface area contributed by atoms with Crippen molar-refractivity contribution in [1.29, 1.82) is 0 Å². The van der Waals surface area contributed by atoms with Crippen LogP contribution in [-0.4, -0.2) is 34.2 Å². The molecule has 0 saturated carbocycles. The van der Waals surface area contributed by atoms with E-state index < -0.39 is 11.9 Å². The molecule has 0 saturated heterocycles. The first-order chi connectivity index (χ1) is 14.0. The maximum Gasteiger partial charge on any atom is 0.343 e. The Kier molecular flexibility index (Phi) is 4.70. The number of amides is 3. The van der Waals surface area contributed by atoms with Crippen LogP contribution >= 0.6 is 0 Å². The van der Waals surface area contributed by atoms with Gasteiger partial charge in [0.25, 0.3) is 5.91 Å². The van der Waals surface area contributed by atoms with Crippen LogP contribution in [0.4, 0.5) is 15.0 Å². The van der Waals surface area contributed by atoms with Crippen LogP contribution < -0.4 is 16.1 Å². The van der Waals surface area contributed by atoms with Gasteiger partial charge in [-0.3, -0.25) is 9.69 Å². The number of carbonyl (C=O) groups excluding carboxylic acids is 2. The molecular weight excluding hydrogens is 375 g/mol. The summed E-state index contributed by atoms with van der Waals surface area (Å²) in [5.41, 5.74) is 9.67. The summed E-state index contributed by atoms with van der Waals surface area (Å²) in [6.07, 6.45) is 1.30. The van der Waals surface area contributed by atoms with Crippen LogP contribution in [0.3, 0.4) is 0 Å². The van der Waals surface area contributed by atoms with E-state index in [9.17, 15) is 14.0 Å². The monoisotopic (exact) mass is 390 g/mol. The minimum Gasteiger partial charge on any atom is -0.365 e. The zero-order valence-electron chi connectivity index (χ0n) is 15.0. The summed E-state index contributed by atoms with van der Waals surface area (Å²) in [5.74, 6) is -0.744. The van der Waals surface area contributed by atoms with Gasteiger partial charge in [-0.25, -0.2) is 24.6 Å². The third-order valence-electron chi connectivity index (χ3n) is 4.34. The molecule has 29 heavy (non-hydrogen) atoms. The van der Waals surface area contributed by atoms with Crippen LogP contribution in [0, 0.1) is 5.82 Å². The van der Waals surface area contributed by atoms with Gasteiger partial charge in [-0.2, -0.15) is 5.10 Å². The molecule has 8 nitrogen and oxygen atoms in total. The van der Waals surface area contributed by atoms with Gasteiger partial charge in [-0.15, -0.1) is 0 Å². The Morgan fingerprint density at radius 1 is 1.07 bits per heavy atom. The number of hydrogen-bond acceptors (Lipinski definition) is 5. The minimum atomic E-state index is -0.766. The second kappa shape index (κ2) is 7.47. The lowest BCUT2D eigenvalue weighted by Gasteiger charge is -2.27. The summed E-state index contributed by atoms with van der Waals surface area (Å²) < 4.78 is 13.2. The number of urea groups is 1. The fourth-order valence-electron chi connectivity index (χ4n) is 2.88. The standard InChI is InChI=1S/C20H15FN6O2/c21-14-8-6-12(7-9-14)16-11-27(20(29)26-25-16)19-15(17(22)28)10-23-18(24-19)13-4-2-1-3-5-13/h1-10H,11H2,(H2,22,28)(H,26,29). The van der Waals surface area contributed by atoms with Crippen LogP contribution in [-0.2, 0) is 0 Å². The lowest BCUT2D eigenvalue weighted by Crippen LogP contribution is -2.47. The van der Waals surface area contributed by atoms with Crippen LogP contribution in [0.15, 0.2) is 65.9 Å². The molecule has 2 heterocycles. The molecule has 0 atom stereocenters. The molecule has 4 rings (SSSR count). The van der Waals surface area contributed by atoms with Crippen LogP contribution in [0.5, 0.6) is 0 Å². The number of hydrazone groups is 1. The molecule has 1 aliphatic rings. The summed E-state index contributed by atoms with van der Waals surface area (Å²) in [6, 6.07) is 14.2. The number of hydrogen-bond donors (Lipinski definition) is 2. The maximum absolute atomic E-state index is 13.2. The number of nitrogens with two attached hydrogens (primary N) is 1. The smallest absolute Gasteiger partial charge is 0.343 e. The highest BCUT2D eigenvalue weighted by molar-refractivity contribution is 6.12. The van der Waals surface area contributed by atoms with E-state index in [1.54, 1.807) is 12.1 Å². The summed E-state index contributed by atoms with van der Waals surface area (Å²) in [6.45, 7) is 0.0169. The van der Waals surface area contributed by atoms with Gasteiger partial charge in [0.15, 0.2) is 11.6 Å². The average Bonchev–Trinajstić information content (AvgIpc) is 2.75. The first-order valence-electron chi connectivity index (χ1n) is 8.65. The molecule has 9 heteroatoms. The number of halogens is 1. The summed E-state index contributed by atoms with van der Waals surface area (Å²) in [5, 5.41) is 4.03. The van der Waals surface area contributed by atoms with E-state index in [0.717, 1.165) is 5.56 Å². The highest BCUT2D eigenvalue weighted by atomic mass is 19.1. The zero-order valence-corrected chi connectivity index (χ0v) is 15.0. The molecule has 0 bridgehead atoms. The van der Waals surface area contributed by atoms with E-state index >= 15 is 0 Å². The predicted octanol–water partition coefficient (Wildman–Crippen LogP) is 2.32. The summed E-state index contributed by atoms with van der Waals surface area (Å²) in [7, 11) is 0. The van der Waals surface area contributed by atoms with Crippen molar-refractivity contribution < 1.29 is 14.0 Å². The highest BCUT2D eigenvalue weighted by Gasteiger charge is 2.28. The normalized spacial score (nSPS) is 13.6. The number of rotatable bonds is 4. The van der Waals surface area contributed by atoms with Gasteiger partial charge >= 0.3 is 6.03 Å². The number of aromatic nitrogens is 2. The molecule has 0 spiro atoms. The first-order valence-corrected chi connectivity index (χ1v) is 8.65. The van der Waals surface area contributed by atoms with E-state index in [1.165, 1.54) is 23.2 Å². The Morgan fingerprint density at radius 2 is 1.79 bits per heavy atom. The molecule has 1 aromatic heterocycles. The molecule has 1 aliphatic heterocycles. The van der Waals surface area contributed by atoms with Gasteiger partial charge in [0, 0.05) is 11.8 Å². The molecule has 2 aromatic carbocycles. The topological polar surface area (TPSA) is 114 Å². The predicted molar refractivity (Wildman–Crippen MR) is 105 cm³/mol. The van der Waals surface area contributed by atoms with E-state index in [0.29, 0.717) is 17.1 Å². The van der Waals surface area contributed by atoms with Gasteiger partial charge < -0.3 is 5.73 Å². The number of benzene rings is 2. The fraction of sp³-hybridized carbons (Fsp3) is 0.0500. The lowest BCUT2D eigenvalue weighted by molar-refractivity contribution is 0.1000. The summed E-state index contributed by atoms with van der Waals surface area (Å²) >= 11 is 0. The molecule has 3 amide bonds. The van der Waals surface area contributed by atoms with Crippen molar-refractivity contribution in [3.05, 3.63) is 77.7 Å². The largest absolute Gasteiger partial charge is 0.365 e. The maximum atomic E-state index is 13.2. The third-order valence-corrected chi connectivity index (χ3v) is 4.34. The zero-order chi connectivity index (χ0) is 20.4. The first kappa shape index (κ1) is 18.2. The number of primary amides is 1. The summed E-state index contributed by atoms with van der Waals surface area (Å²) in [4.78, 5) is 34.3. The quantitative estimate of drug-likeness (QED) is 0.711. The van der Waals surface area contributed by atoms with Gasteiger partial charge in [0.2, 0.25) is 0 Å². The molecule has 0 unspecified atom stereocenters. The van der Waals surface area contributed by atoms with Gasteiger partial charge in [-0.1, -0.05) is 42.5 Å². The minimum absolute atomic E-state index is 0.000173. The van der Waals surface area contributed by atoms with E-state index in [2.05, 4.69) is 20.5 Å². The Hall–Kier alpha value is -4.14. The fourth-order valence-corrected chi connectivity index (χ4v) is 2.88.